The van der Waals surface area contributed by atoms with Gasteiger partial charge in [0.05, 0.1) is 24.1 Å². The fourth-order valence-corrected chi connectivity index (χ4v) is 4.44. The lowest BCUT2D eigenvalue weighted by Gasteiger charge is -2.37. The van der Waals surface area contributed by atoms with Crippen molar-refractivity contribution < 1.29 is 24.3 Å². The molecule has 3 heterocycles. The molecule has 0 aromatic carbocycles. The van der Waals surface area contributed by atoms with E-state index in [0.29, 0.717) is 36.8 Å². The molecular formula is C18H23ClN6O5S. The van der Waals surface area contributed by atoms with E-state index in [1.54, 1.807) is 7.11 Å². The maximum Gasteiger partial charge on any atom is 0.348 e. The summed E-state index contributed by atoms with van der Waals surface area (Å²) in [7, 11) is 2.93. The third kappa shape index (κ3) is 5.14. The van der Waals surface area contributed by atoms with Gasteiger partial charge in [-0.15, -0.1) is 0 Å². The number of carboxylic acids is 1. The van der Waals surface area contributed by atoms with E-state index in [1.165, 1.54) is 13.3 Å². The number of ether oxygens (including phenoxy) is 1. The first-order valence-corrected chi connectivity index (χ1v) is 10.7. The summed E-state index contributed by atoms with van der Waals surface area (Å²) in [5, 5.41) is 16.8. The number of aromatic carboxylic acids is 1. The quantitative estimate of drug-likeness (QED) is 0.391. The smallest absolute Gasteiger partial charge is 0.348 e. The Morgan fingerprint density at radius 1 is 1.45 bits per heavy atom. The lowest BCUT2D eigenvalue weighted by Crippen LogP contribution is -2.55. The average Bonchev–Trinajstić information content (AvgIpc) is 3.36. The van der Waals surface area contributed by atoms with Crippen molar-refractivity contribution in [3.8, 4) is 0 Å². The summed E-state index contributed by atoms with van der Waals surface area (Å²) in [5.74, 6) is -1.29. The molecule has 2 aromatic rings. The molecule has 0 aliphatic carbocycles. The second-order valence-corrected chi connectivity index (χ2v) is 8.07. The molecular weight excluding hydrogens is 448 g/mol. The van der Waals surface area contributed by atoms with E-state index in [2.05, 4.69) is 30.3 Å². The summed E-state index contributed by atoms with van der Waals surface area (Å²) in [6.07, 6.45) is 2.15. The Kier molecular flexibility index (Phi) is 7.46. The highest BCUT2D eigenvalue weighted by Crippen LogP contribution is 2.29. The number of hydrogen-bond acceptors (Lipinski definition) is 9. The van der Waals surface area contributed by atoms with Crippen molar-refractivity contribution >= 4 is 46.2 Å². The number of carbonyl (C=O) groups excluding carboxylic acids is 1. The van der Waals surface area contributed by atoms with E-state index in [4.69, 9.17) is 16.3 Å². The summed E-state index contributed by atoms with van der Waals surface area (Å²) in [4.78, 5) is 42.1. The number of carboxylic acid groups (broad SMARTS) is 1. The summed E-state index contributed by atoms with van der Waals surface area (Å²) in [6, 6.07) is -0.254. The Labute approximate surface area is 187 Å². The first kappa shape index (κ1) is 23.0. The number of halogens is 1. The lowest BCUT2D eigenvalue weighted by molar-refractivity contribution is 0.0538. The Hall–Kier alpha value is -2.70. The summed E-state index contributed by atoms with van der Waals surface area (Å²) in [5.41, 5.74) is 0.927. The van der Waals surface area contributed by atoms with Crippen molar-refractivity contribution in [1.82, 2.24) is 20.3 Å². The largest absolute Gasteiger partial charge is 0.477 e. The van der Waals surface area contributed by atoms with Crippen LogP contribution < -0.4 is 10.2 Å². The van der Waals surface area contributed by atoms with Crippen LogP contribution in [0, 0.1) is 0 Å². The van der Waals surface area contributed by atoms with Gasteiger partial charge in [0.15, 0.2) is 16.1 Å². The molecule has 2 atom stereocenters. The summed E-state index contributed by atoms with van der Waals surface area (Å²) >= 11 is 7.08. The van der Waals surface area contributed by atoms with Crippen LogP contribution in [0.4, 0.5) is 5.13 Å². The van der Waals surface area contributed by atoms with Gasteiger partial charge in [0.25, 0.3) is 5.91 Å². The second kappa shape index (κ2) is 10.1. The molecule has 11 nitrogen and oxygen atoms in total. The number of oxime groups is 1. The number of carbonyl (C=O) groups is 2. The molecule has 0 spiro atoms. The number of hydrogen-bond donors (Lipinski definition) is 3. The number of piperidine rings is 1. The zero-order chi connectivity index (χ0) is 22.5. The molecule has 168 valence electrons. The minimum atomic E-state index is -1.09. The summed E-state index contributed by atoms with van der Waals surface area (Å²) < 4.78 is 5.59. The third-order valence-corrected chi connectivity index (χ3v) is 6.30. The van der Waals surface area contributed by atoms with Crippen LogP contribution in [-0.4, -0.2) is 77.6 Å². The van der Waals surface area contributed by atoms with Crippen molar-refractivity contribution in [2.75, 3.05) is 32.2 Å². The number of rotatable bonds is 8. The number of aromatic nitrogens is 3. The fraction of sp³-hybridized carbons (Fsp3) is 0.500. The van der Waals surface area contributed by atoms with Crippen molar-refractivity contribution in [2.24, 2.45) is 5.16 Å². The van der Waals surface area contributed by atoms with E-state index in [9.17, 15) is 14.7 Å². The van der Waals surface area contributed by atoms with E-state index >= 15 is 0 Å². The fourth-order valence-electron chi connectivity index (χ4n) is 3.26. The van der Waals surface area contributed by atoms with E-state index < -0.39 is 5.97 Å². The number of nitrogens with zero attached hydrogens (tertiary/aromatic N) is 4. The van der Waals surface area contributed by atoms with Gasteiger partial charge in [-0.2, -0.15) is 0 Å². The van der Waals surface area contributed by atoms with Crippen LogP contribution in [0.1, 0.15) is 45.0 Å². The molecule has 1 unspecified atom stereocenters. The van der Waals surface area contributed by atoms with Gasteiger partial charge in [-0.25, -0.2) is 14.8 Å². The van der Waals surface area contributed by atoms with Crippen LogP contribution in [0.2, 0.25) is 5.15 Å². The molecule has 1 fully saturated rings. The first-order valence-electron chi connectivity index (χ1n) is 9.51. The SMILES string of the molecule is CCc1[nH]c(C(=O)NC2CCN(c3nc(/C=N/OC)c(C(=O)O)s3)C[C@@H]2OC)nc1Cl. The first-order chi connectivity index (χ1) is 14.9. The number of anilines is 1. The molecule has 13 heteroatoms. The van der Waals surface area contributed by atoms with Gasteiger partial charge < -0.3 is 29.9 Å². The minimum absolute atomic E-state index is 0.0709. The molecule has 0 radical (unpaired) electrons. The van der Waals surface area contributed by atoms with Crippen LogP contribution in [0.15, 0.2) is 5.16 Å². The third-order valence-electron chi connectivity index (χ3n) is 4.86. The molecule has 3 rings (SSSR count). The number of H-pyrrole nitrogens is 1. The van der Waals surface area contributed by atoms with Crippen molar-refractivity contribution in [2.45, 2.75) is 31.9 Å². The maximum atomic E-state index is 12.6. The Morgan fingerprint density at radius 3 is 2.84 bits per heavy atom. The van der Waals surface area contributed by atoms with Crippen molar-refractivity contribution in [3.05, 3.63) is 27.2 Å². The maximum absolute atomic E-state index is 12.6. The van der Waals surface area contributed by atoms with Gasteiger partial charge in [-0.3, -0.25) is 4.79 Å². The number of thiazole rings is 1. The molecule has 1 aliphatic rings. The summed E-state index contributed by atoms with van der Waals surface area (Å²) in [6.45, 7) is 2.89. The van der Waals surface area contributed by atoms with E-state index in [0.717, 1.165) is 11.3 Å². The Balaban J connectivity index is 1.71. The standard InChI is InChI=1S/C18H23ClN6O5S/c1-4-9-14(19)24-15(21-9)16(26)22-10-5-6-25(8-12(10)29-2)18-23-11(7-20-30-3)13(31-18)17(27)28/h7,10,12H,4-6,8H2,1-3H3,(H,21,24)(H,22,26)(H,27,28)/b20-7+/t10?,12-/m0/s1. The van der Waals surface area contributed by atoms with Gasteiger partial charge in [0, 0.05) is 20.2 Å². The van der Waals surface area contributed by atoms with Crippen LogP contribution in [-0.2, 0) is 16.0 Å². The zero-order valence-electron chi connectivity index (χ0n) is 17.2. The molecule has 31 heavy (non-hydrogen) atoms. The monoisotopic (exact) mass is 470 g/mol. The topological polar surface area (TPSA) is 142 Å². The van der Waals surface area contributed by atoms with Gasteiger partial charge >= 0.3 is 5.97 Å². The van der Waals surface area contributed by atoms with Gasteiger partial charge in [0.1, 0.15) is 17.7 Å². The van der Waals surface area contributed by atoms with Gasteiger partial charge in [-0.05, 0) is 12.8 Å². The van der Waals surface area contributed by atoms with Crippen LogP contribution >= 0.6 is 22.9 Å². The van der Waals surface area contributed by atoms with Gasteiger partial charge in [0.2, 0.25) is 0 Å². The molecule has 0 bridgehead atoms. The highest BCUT2D eigenvalue weighted by atomic mass is 35.5. The number of aromatic amines is 1. The lowest BCUT2D eigenvalue weighted by atomic mass is 10.0. The number of methoxy groups -OCH3 is 1. The predicted octanol–water partition coefficient (Wildman–Crippen LogP) is 1.78. The van der Waals surface area contributed by atoms with Crippen LogP contribution in [0.5, 0.6) is 0 Å². The molecule has 1 saturated heterocycles. The second-order valence-electron chi connectivity index (χ2n) is 6.73. The van der Waals surface area contributed by atoms with Crippen molar-refractivity contribution in [3.63, 3.8) is 0 Å². The van der Waals surface area contributed by atoms with Crippen LogP contribution in [0.3, 0.4) is 0 Å². The molecule has 1 aliphatic heterocycles. The highest BCUT2D eigenvalue weighted by Gasteiger charge is 2.33. The number of amides is 1. The Morgan fingerprint density at radius 2 is 2.23 bits per heavy atom. The normalized spacial score (nSPS) is 19.0. The minimum Gasteiger partial charge on any atom is -0.477 e. The van der Waals surface area contributed by atoms with Gasteiger partial charge in [-0.1, -0.05) is 35.0 Å². The van der Waals surface area contributed by atoms with Crippen molar-refractivity contribution in [1.29, 1.82) is 0 Å². The highest BCUT2D eigenvalue weighted by molar-refractivity contribution is 7.17. The number of nitrogens with one attached hydrogen (secondary N) is 2. The van der Waals surface area contributed by atoms with Crippen LogP contribution in [0.25, 0.3) is 0 Å². The Bertz CT molecular complexity index is 977. The zero-order valence-corrected chi connectivity index (χ0v) is 18.8. The molecule has 1 amide bonds. The molecule has 0 saturated carbocycles. The number of aryl methyl sites for hydroxylation is 1. The van der Waals surface area contributed by atoms with E-state index in [-0.39, 0.29) is 39.6 Å². The molecule has 2 aromatic heterocycles. The molecule has 3 N–H and O–H groups in total. The average molecular weight is 471 g/mol. The van der Waals surface area contributed by atoms with E-state index in [1.807, 2.05) is 11.8 Å². The number of imidazole rings is 1. The predicted molar refractivity (Wildman–Crippen MR) is 116 cm³/mol.